The lowest BCUT2D eigenvalue weighted by atomic mass is 9.88. The molecule has 1 aliphatic heterocycles. The Labute approximate surface area is 57.8 Å². The van der Waals surface area contributed by atoms with E-state index in [1.807, 2.05) is 0 Å². The molecule has 0 aliphatic carbocycles. The maximum absolute atomic E-state index is 3.48. The summed E-state index contributed by atoms with van der Waals surface area (Å²) in [5, 5.41) is 3.48. The van der Waals surface area contributed by atoms with Gasteiger partial charge in [-0.05, 0) is 31.7 Å². The van der Waals surface area contributed by atoms with Gasteiger partial charge in [0.25, 0.3) is 0 Å². The molecule has 0 bridgehead atoms. The van der Waals surface area contributed by atoms with Crippen molar-refractivity contribution < 1.29 is 0 Å². The van der Waals surface area contributed by atoms with E-state index in [2.05, 4.69) is 26.1 Å². The summed E-state index contributed by atoms with van der Waals surface area (Å²) in [4.78, 5) is 0. The summed E-state index contributed by atoms with van der Waals surface area (Å²) in [6.45, 7) is 8.13. The first kappa shape index (κ1) is 7.07. The highest BCUT2D eigenvalue weighted by Gasteiger charge is 2.20. The van der Waals surface area contributed by atoms with Gasteiger partial charge in [-0.15, -0.1) is 0 Å². The largest absolute Gasteiger partial charge is 0.314 e. The van der Waals surface area contributed by atoms with Crippen LogP contribution in [0.25, 0.3) is 0 Å². The summed E-state index contributed by atoms with van der Waals surface area (Å²) in [7, 11) is 0. The molecule has 54 valence electrons. The number of rotatable bonds is 0. The molecule has 1 nitrogen and oxygen atoms in total. The van der Waals surface area contributed by atoms with Gasteiger partial charge in [0.05, 0.1) is 0 Å². The minimum Gasteiger partial charge on any atom is -0.314 e. The summed E-state index contributed by atoms with van der Waals surface area (Å²) >= 11 is 0. The van der Waals surface area contributed by atoms with Gasteiger partial charge in [-0.2, -0.15) is 0 Å². The van der Waals surface area contributed by atoms with Crippen LogP contribution in [-0.2, 0) is 0 Å². The van der Waals surface area contributed by atoms with Crippen LogP contribution in [0.2, 0.25) is 0 Å². The molecule has 1 fully saturated rings. The molecule has 0 radical (unpaired) electrons. The van der Waals surface area contributed by atoms with Gasteiger partial charge >= 0.3 is 0 Å². The van der Waals surface area contributed by atoms with E-state index in [9.17, 15) is 0 Å². The molecular formula is C8H17N. The van der Waals surface area contributed by atoms with Crippen molar-refractivity contribution in [2.24, 2.45) is 11.8 Å². The summed E-state index contributed by atoms with van der Waals surface area (Å²) < 4.78 is 0. The number of hydrogen-bond acceptors (Lipinski definition) is 1. The molecule has 1 heterocycles. The molecule has 0 aromatic rings. The van der Waals surface area contributed by atoms with E-state index in [4.69, 9.17) is 0 Å². The summed E-state index contributed by atoms with van der Waals surface area (Å²) in [5.74, 6) is 1.75. The molecule has 0 aromatic carbocycles. The average Bonchev–Trinajstić information content (AvgIpc) is 1.80. The van der Waals surface area contributed by atoms with Crippen LogP contribution in [0.4, 0.5) is 0 Å². The van der Waals surface area contributed by atoms with Gasteiger partial charge in [0.2, 0.25) is 0 Å². The summed E-state index contributed by atoms with van der Waals surface area (Å²) in [6, 6.07) is 0.737. The molecule has 0 aromatic heterocycles. The van der Waals surface area contributed by atoms with Crippen molar-refractivity contribution >= 4 is 0 Å². The van der Waals surface area contributed by atoms with E-state index >= 15 is 0 Å². The predicted octanol–water partition coefficient (Wildman–Crippen LogP) is 1.64. The van der Waals surface area contributed by atoms with Gasteiger partial charge < -0.3 is 5.32 Å². The number of hydrogen-bond donors (Lipinski definition) is 1. The van der Waals surface area contributed by atoms with E-state index in [0.29, 0.717) is 0 Å². The van der Waals surface area contributed by atoms with Crippen molar-refractivity contribution in [1.29, 1.82) is 0 Å². The molecule has 1 saturated heterocycles. The van der Waals surface area contributed by atoms with E-state index in [-0.39, 0.29) is 0 Å². The molecule has 9 heavy (non-hydrogen) atoms. The van der Waals surface area contributed by atoms with E-state index in [0.717, 1.165) is 17.9 Å². The topological polar surface area (TPSA) is 12.0 Å². The van der Waals surface area contributed by atoms with Crippen LogP contribution >= 0.6 is 0 Å². The van der Waals surface area contributed by atoms with Crippen molar-refractivity contribution in [3.8, 4) is 0 Å². The normalized spacial score (nSPS) is 45.0. The second-order valence-electron chi connectivity index (χ2n) is 3.52. The van der Waals surface area contributed by atoms with Crippen molar-refractivity contribution in [3.05, 3.63) is 0 Å². The van der Waals surface area contributed by atoms with E-state index < -0.39 is 0 Å². The minimum atomic E-state index is 0.737. The van der Waals surface area contributed by atoms with Crippen LogP contribution in [0.5, 0.6) is 0 Å². The minimum absolute atomic E-state index is 0.737. The fourth-order valence-corrected chi connectivity index (χ4v) is 1.51. The molecule has 1 aliphatic rings. The molecule has 0 amide bonds. The van der Waals surface area contributed by atoms with Crippen LogP contribution in [0.3, 0.4) is 0 Å². The van der Waals surface area contributed by atoms with Crippen molar-refractivity contribution in [3.63, 3.8) is 0 Å². The highest BCUT2D eigenvalue weighted by atomic mass is 14.9. The predicted molar refractivity (Wildman–Crippen MR) is 40.4 cm³/mol. The van der Waals surface area contributed by atoms with Crippen molar-refractivity contribution in [2.75, 3.05) is 6.54 Å². The Balaban J connectivity index is 2.35. The molecule has 1 rings (SSSR count). The third-order valence-electron chi connectivity index (χ3n) is 2.42. The van der Waals surface area contributed by atoms with Crippen LogP contribution < -0.4 is 5.32 Å². The van der Waals surface area contributed by atoms with Gasteiger partial charge in [-0.3, -0.25) is 0 Å². The Morgan fingerprint density at radius 3 is 2.33 bits per heavy atom. The van der Waals surface area contributed by atoms with Crippen molar-refractivity contribution in [2.45, 2.75) is 33.2 Å². The quantitative estimate of drug-likeness (QED) is 0.521. The maximum Gasteiger partial charge on any atom is 0.00645 e. The molecule has 3 atom stereocenters. The third-order valence-corrected chi connectivity index (χ3v) is 2.42. The lowest BCUT2D eigenvalue weighted by Crippen LogP contribution is -2.41. The van der Waals surface area contributed by atoms with E-state index in [1.165, 1.54) is 13.0 Å². The Morgan fingerprint density at radius 2 is 1.89 bits per heavy atom. The fraction of sp³-hybridized carbons (Fsp3) is 1.00. The van der Waals surface area contributed by atoms with Crippen LogP contribution in [0, 0.1) is 11.8 Å². The van der Waals surface area contributed by atoms with E-state index in [1.54, 1.807) is 0 Å². The zero-order valence-corrected chi connectivity index (χ0v) is 6.65. The van der Waals surface area contributed by atoms with Crippen LogP contribution in [0.15, 0.2) is 0 Å². The average molecular weight is 127 g/mol. The molecular weight excluding hydrogens is 110 g/mol. The highest BCUT2D eigenvalue weighted by molar-refractivity contribution is 4.77. The van der Waals surface area contributed by atoms with Gasteiger partial charge in [0.1, 0.15) is 0 Å². The molecule has 1 heteroatoms. The summed E-state index contributed by atoms with van der Waals surface area (Å²) in [5.41, 5.74) is 0. The molecule has 0 unspecified atom stereocenters. The first-order valence-corrected chi connectivity index (χ1v) is 3.93. The Morgan fingerprint density at radius 1 is 1.22 bits per heavy atom. The standard InChI is InChI=1S/C8H17N/c1-6-4-7(2)8(3)9-5-6/h6-9H,4-5H2,1-3H3/t6-,7+,8+/m1/s1. The van der Waals surface area contributed by atoms with Crippen LogP contribution in [0.1, 0.15) is 27.2 Å². The monoisotopic (exact) mass is 127 g/mol. The Kier molecular flexibility index (Phi) is 2.12. The van der Waals surface area contributed by atoms with Gasteiger partial charge in [-0.25, -0.2) is 0 Å². The Hall–Kier alpha value is -0.0400. The fourth-order valence-electron chi connectivity index (χ4n) is 1.51. The van der Waals surface area contributed by atoms with Crippen LogP contribution in [-0.4, -0.2) is 12.6 Å². The second-order valence-corrected chi connectivity index (χ2v) is 3.52. The lowest BCUT2D eigenvalue weighted by molar-refractivity contribution is 0.257. The summed E-state index contributed by atoms with van der Waals surface area (Å²) in [6.07, 6.45) is 1.40. The highest BCUT2D eigenvalue weighted by Crippen LogP contribution is 2.19. The molecule has 1 N–H and O–H groups in total. The van der Waals surface area contributed by atoms with Gasteiger partial charge in [-0.1, -0.05) is 13.8 Å². The molecule has 0 spiro atoms. The first-order chi connectivity index (χ1) is 4.20. The van der Waals surface area contributed by atoms with Crippen molar-refractivity contribution in [1.82, 2.24) is 5.32 Å². The zero-order chi connectivity index (χ0) is 6.85. The maximum atomic E-state index is 3.48. The first-order valence-electron chi connectivity index (χ1n) is 3.93. The third kappa shape index (κ3) is 1.68. The SMILES string of the molecule is C[C@H]1CN[C@@H](C)[C@@H](C)C1. The molecule has 0 saturated carbocycles. The number of piperidine rings is 1. The van der Waals surface area contributed by atoms with Gasteiger partial charge in [0.15, 0.2) is 0 Å². The lowest BCUT2D eigenvalue weighted by Gasteiger charge is -2.31. The zero-order valence-electron chi connectivity index (χ0n) is 6.65. The van der Waals surface area contributed by atoms with Gasteiger partial charge in [0, 0.05) is 6.04 Å². The smallest absolute Gasteiger partial charge is 0.00645 e. The second kappa shape index (κ2) is 2.70. The number of nitrogens with one attached hydrogen (secondary N) is 1. The Bertz CT molecular complexity index is 90.6.